The molecule has 0 radical (unpaired) electrons. The Morgan fingerprint density at radius 1 is 1.25 bits per heavy atom. The molecule has 1 aromatic rings. The number of rotatable bonds is 5. The predicted molar refractivity (Wildman–Crippen MR) is 71.5 cm³/mol. The van der Waals surface area contributed by atoms with E-state index in [2.05, 4.69) is 32.2 Å². The van der Waals surface area contributed by atoms with Gasteiger partial charge in [-0.25, -0.2) is 0 Å². The molecule has 0 aliphatic rings. The Kier molecular flexibility index (Phi) is 6.46. The third-order valence-corrected chi connectivity index (χ3v) is 2.83. The maximum atomic E-state index is 5.30. The molecule has 0 bridgehead atoms. The van der Waals surface area contributed by atoms with E-state index in [4.69, 9.17) is 4.74 Å². The maximum Gasteiger partial charge on any atom is 0.123 e. The van der Waals surface area contributed by atoms with Crippen LogP contribution in [-0.2, 0) is 6.54 Å². The van der Waals surface area contributed by atoms with Crippen molar-refractivity contribution in [1.29, 1.82) is 0 Å². The third kappa shape index (κ3) is 4.42. The topological polar surface area (TPSA) is 21.3 Å². The largest absolute Gasteiger partial charge is 0.496 e. The molecular weight excluding hydrogens is 222 g/mol. The SMILES string of the molecule is CCC(C)(C)NCc1ccccc1OC.Cl. The fourth-order valence-electron chi connectivity index (χ4n) is 1.31. The van der Waals surface area contributed by atoms with Crippen molar-refractivity contribution in [3.05, 3.63) is 29.8 Å². The van der Waals surface area contributed by atoms with Gasteiger partial charge in [0.2, 0.25) is 0 Å². The number of methoxy groups -OCH3 is 1. The van der Waals surface area contributed by atoms with E-state index in [0.717, 1.165) is 18.7 Å². The summed E-state index contributed by atoms with van der Waals surface area (Å²) in [7, 11) is 1.71. The second kappa shape index (κ2) is 6.77. The first-order valence-electron chi connectivity index (χ1n) is 5.46. The van der Waals surface area contributed by atoms with Gasteiger partial charge in [0.15, 0.2) is 0 Å². The Bertz CT molecular complexity index is 313. The minimum Gasteiger partial charge on any atom is -0.496 e. The average Bonchev–Trinajstić information content (AvgIpc) is 2.27. The fourth-order valence-corrected chi connectivity index (χ4v) is 1.31. The number of nitrogens with one attached hydrogen (secondary N) is 1. The highest BCUT2D eigenvalue weighted by Crippen LogP contribution is 2.18. The number of hydrogen-bond acceptors (Lipinski definition) is 2. The molecule has 0 atom stereocenters. The molecule has 0 fully saturated rings. The number of hydrogen-bond donors (Lipinski definition) is 1. The lowest BCUT2D eigenvalue weighted by molar-refractivity contribution is 0.364. The van der Waals surface area contributed by atoms with Crippen LogP contribution in [0, 0.1) is 0 Å². The summed E-state index contributed by atoms with van der Waals surface area (Å²) in [5, 5.41) is 3.52. The summed E-state index contributed by atoms with van der Waals surface area (Å²) < 4.78 is 5.30. The molecule has 1 aromatic carbocycles. The van der Waals surface area contributed by atoms with Gasteiger partial charge in [0.25, 0.3) is 0 Å². The molecule has 3 heteroatoms. The van der Waals surface area contributed by atoms with Gasteiger partial charge in [-0.2, -0.15) is 0 Å². The van der Waals surface area contributed by atoms with Gasteiger partial charge in [-0.05, 0) is 26.3 Å². The van der Waals surface area contributed by atoms with Gasteiger partial charge in [0.1, 0.15) is 5.75 Å². The van der Waals surface area contributed by atoms with Gasteiger partial charge < -0.3 is 10.1 Å². The van der Waals surface area contributed by atoms with Gasteiger partial charge in [0, 0.05) is 17.6 Å². The average molecular weight is 244 g/mol. The Hall–Kier alpha value is -0.730. The summed E-state index contributed by atoms with van der Waals surface area (Å²) in [5.74, 6) is 0.955. The summed E-state index contributed by atoms with van der Waals surface area (Å²) in [6, 6.07) is 8.12. The van der Waals surface area contributed by atoms with E-state index in [1.54, 1.807) is 7.11 Å². The smallest absolute Gasteiger partial charge is 0.123 e. The highest BCUT2D eigenvalue weighted by atomic mass is 35.5. The Morgan fingerprint density at radius 3 is 2.44 bits per heavy atom. The molecule has 0 amide bonds. The first-order valence-corrected chi connectivity index (χ1v) is 5.46. The Labute approximate surface area is 105 Å². The van der Waals surface area contributed by atoms with Crippen molar-refractivity contribution < 1.29 is 4.74 Å². The Balaban J connectivity index is 0.00000225. The summed E-state index contributed by atoms with van der Waals surface area (Å²) in [5.41, 5.74) is 1.39. The van der Waals surface area contributed by atoms with Crippen molar-refractivity contribution in [3.63, 3.8) is 0 Å². The van der Waals surface area contributed by atoms with Crippen LogP contribution in [0.25, 0.3) is 0 Å². The van der Waals surface area contributed by atoms with Crippen molar-refractivity contribution in [3.8, 4) is 5.75 Å². The van der Waals surface area contributed by atoms with Crippen LogP contribution in [-0.4, -0.2) is 12.6 Å². The molecule has 92 valence electrons. The fraction of sp³-hybridized carbons (Fsp3) is 0.538. The molecule has 0 saturated carbocycles. The zero-order valence-corrected chi connectivity index (χ0v) is 11.4. The van der Waals surface area contributed by atoms with Gasteiger partial charge in [0.05, 0.1) is 7.11 Å². The molecule has 2 nitrogen and oxygen atoms in total. The Morgan fingerprint density at radius 2 is 1.88 bits per heavy atom. The normalized spacial score (nSPS) is 10.8. The highest BCUT2D eigenvalue weighted by molar-refractivity contribution is 5.85. The second-order valence-corrected chi connectivity index (χ2v) is 4.40. The van der Waals surface area contributed by atoms with Gasteiger partial charge in [-0.1, -0.05) is 25.1 Å². The van der Waals surface area contributed by atoms with Crippen LogP contribution < -0.4 is 10.1 Å². The molecule has 0 aromatic heterocycles. The van der Waals surface area contributed by atoms with Crippen LogP contribution in [0.4, 0.5) is 0 Å². The first kappa shape index (κ1) is 15.3. The molecule has 1 N–H and O–H groups in total. The molecule has 1 rings (SSSR count). The summed E-state index contributed by atoms with van der Waals surface area (Å²) in [6.45, 7) is 7.46. The van der Waals surface area contributed by atoms with Crippen molar-refractivity contribution in [2.45, 2.75) is 39.3 Å². The molecule has 16 heavy (non-hydrogen) atoms. The minimum atomic E-state index is 0. The standard InChI is InChI=1S/C13H21NO.ClH/c1-5-13(2,3)14-10-11-8-6-7-9-12(11)15-4;/h6-9,14H,5,10H2,1-4H3;1H. The lowest BCUT2D eigenvalue weighted by atomic mass is 10.0. The molecule has 0 aliphatic carbocycles. The molecular formula is C13H22ClNO. The molecule has 0 aliphatic heterocycles. The monoisotopic (exact) mass is 243 g/mol. The van der Waals surface area contributed by atoms with E-state index >= 15 is 0 Å². The molecule has 0 unspecified atom stereocenters. The van der Waals surface area contributed by atoms with Gasteiger partial charge >= 0.3 is 0 Å². The zero-order valence-electron chi connectivity index (χ0n) is 10.5. The van der Waals surface area contributed by atoms with Gasteiger partial charge in [-0.15, -0.1) is 12.4 Å². The van der Waals surface area contributed by atoms with E-state index in [1.165, 1.54) is 5.56 Å². The first-order chi connectivity index (χ1) is 7.09. The van der Waals surface area contributed by atoms with Crippen molar-refractivity contribution >= 4 is 12.4 Å². The zero-order chi connectivity index (χ0) is 11.3. The van der Waals surface area contributed by atoms with E-state index in [0.29, 0.717) is 0 Å². The summed E-state index contributed by atoms with van der Waals surface area (Å²) >= 11 is 0. The van der Waals surface area contributed by atoms with Crippen molar-refractivity contribution in [1.82, 2.24) is 5.32 Å². The van der Waals surface area contributed by atoms with E-state index < -0.39 is 0 Å². The quantitative estimate of drug-likeness (QED) is 0.856. The van der Waals surface area contributed by atoms with Crippen LogP contribution >= 0.6 is 12.4 Å². The number of para-hydroxylation sites is 1. The minimum absolute atomic E-state index is 0. The molecule has 0 spiro atoms. The van der Waals surface area contributed by atoms with Crippen LogP contribution in [0.3, 0.4) is 0 Å². The second-order valence-electron chi connectivity index (χ2n) is 4.40. The molecule has 0 saturated heterocycles. The lowest BCUT2D eigenvalue weighted by Crippen LogP contribution is -2.37. The maximum absolute atomic E-state index is 5.30. The predicted octanol–water partition coefficient (Wildman–Crippen LogP) is 3.40. The van der Waals surface area contributed by atoms with Crippen molar-refractivity contribution in [2.75, 3.05) is 7.11 Å². The van der Waals surface area contributed by atoms with Crippen LogP contribution in [0.5, 0.6) is 5.75 Å². The summed E-state index contributed by atoms with van der Waals surface area (Å²) in [4.78, 5) is 0. The third-order valence-electron chi connectivity index (χ3n) is 2.83. The van der Waals surface area contributed by atoms with Crippen LogP contribution in [0.2, 0.25) is 0 Å². The lowest BCUT2D eigenvalue weighted by Gasteiger charge is -2.25. The van der Waals surface area contributed by atoms with Crippen LogP contribution in [0.15, 0.2) is 24.3 Å². The van der Waals surface area contributed by atoms with Gasteiger partial charge in [-0.3, -0.25) is 0 Å². The molecule has 0 heterocycles. The van der Waals surface area contributed by atoms with Crippen molar-refractivity contribution in [2.24, 2.45) is 0 Å². The van der Waals surface area contributed by atoms with Crippen LogP contribution in [0.1, 0.15) is 32.8 Å². The van der Waals surface area contributed by atoms with E-state index in [9.17, 15) is 0 Å². The van der Waals surface area contributed by atoms with E-state index in [-0.39, 0.29) is 17.9 Å². The summed E-state index contributed by atoms with van der Waals surface area (Å²) in [6.07, 6.45) is 1.11. The van der Waals surface area contributed by atoms with E-state index in [1.807, 2.05) is 18.2 Å². The highest BCUT2D eigenvalue weighted by Gasteiger charge is 2.14. The number of halogens is 1. The number of benzene rings is 1. The number of ether oxygens (including phenoxy) is 1.